The summed E-state index contributed by atoms with van der Waals surface area (Å²) in [5, 5.41) is 3.05. The molecule has 0 atom stereocenters. The molecule has 1 aromatic heterocycles. The fraction of sp³-hybridized carbons (Fsp3) is 0.364. The number of nitrogens with one attached hydrogen (secondary N) is 1. The molecule has 1 heterocycles. The minimum Gasteiger partial charge on any atom is -0.370 e. The molecule has 0 amide bonds. The van der Waals surface area contributed by atoms with Gasteiger partial charge in [-0.1, -0.05) is 17.7 Å². The predicted molar refractivity (Wildman–Crippen MR) is 56.7 cm³/mol. The fourth-order valence-corrected chi connectivity index (χ4v) is 1.07. The maximum atomic E-state index is 12.6. The second kappa shape index (κ2) is 5.37. The average molecular weight is 194 g/mol. The van der Waals surface area contributed by atoms with E-state index >= 15 is 0 Å². The van der Waals surface area contributed by atoms with Crippen LogP contribution >= 0.6 is 0 Å². The number of aromatic nitrogens is 1. The minimum atomic E-state index is -0.447. The highest BCUT2D eigenvalue weighted by molar-refractivity contribution is 5.33. The third-order valence-corrected chi connectivity index (χ3v) is 1.72. The molecular weight excluding hydrogens is 179 g/mol. The van der Waals surface area contributed by atoms with Gasteiger partial charge in [0, 0.05) is 6.54 Å². The van der Waals surface area contributed by atoms with Crippen molar-refractivity contribution < 1.29 is 4.39 Å². The van der Waals surface area contributed by atoms with Crippen LogP contribution in [0.4, 0.5) is 10.2 Å². The number of rotatable bonds is 4. The number of halogens is 1. The summed E-state index contributed by atoms with van der Waals surface area (Å²) in [5.74, 6) is 0.143. The first-order valence-corrected chi connectivity index (χ1v) is 4.68. The molecule has 2 nitrogen and oxygen atoms in total. The number of anilines is 1. The Morgan fingerprint density at radius 2 is 2.29 bits per heavy atom. The largest absolute Gasteiger partial charge is 0.370 e. The lowest BCUT2D eigenvalue weighted by Gasteiger charge is -2.02. The van der Waals surface area contributed by atoms with E-state index in [4.69, 9.17) is 0 Å². The van der Waals surface area contributed by atoms with Gasteiger partial charge in [-0.3, -0.25) is 0 Å². The van der Waals surface area contributed by atoms with Crippen LogP contribution in [0.1, 0.15) is 20.3 Å². The number of allylic oxidation sites excluding steroid dienone is 1. The first-order chi connectivity index (χ1) is 6.68. The zero-order valence-electron chi connectivity index (χ0n) is 8.55. The SMILES string of the molecule is CC(C)=CCCNc1cccc(F)n1. The Labute approximate surface area is 83.9 Å². The van der Waals surface area contributed by atoms with Gasteiger partial charge >= 0.3 is 0 Å². The summed E-state index contributed by atoms with van der Waals surface area (Å²) in [7, 11) is 0. The maximum Gasteiger partial charge on any atom is 0.214 e. The van der Waals surface area contributed by atoms with E-state index in [-0.39, 0.29) is 0 Å². The van der Waals surface area contributed by atoms with Gasteiger partial charge in [0.15, 0.2) is 0 Å². The Balaban J connectivity index is 2.35. The number of hydrogen-bond donors (Lipinski definition) is 1. The molecule has 3 heteroatoms. The highest BCUT2D eigenvalue weighted by Crippen LogP contribution is 2.03. The van der Waals surface area contributed by atoms with E-state index in [0.717, 1.165) is 13.0 Å². The topological polar surface area (TPSA) is 24.9 Å². The van der Waals surface area contributed by atoms with E-state index in [2.05, 4.69) is 30.2 Å². The molecule has 1 N–H and O–H groups in total. The van der Waals surface area contributed by atoms with Gasteiger partial charge in [0.25, 0.3) is 0 Å². The summed E-state index contributed by atoms with van der Waals surface area (Å²) >= 11 is 0. The molecule has 0 saturated carbocycles. The van der Waals surface area contributed by atoms with Crippen LogP contribution in [0.25, 0.3) is 0 Å². The van der Waals surface area contributed by atoms with E-state index in [0.29, 0.717) is 5.82 Å². The highest BCUT2D eigenvalue weighted by atomic mass is 19.1. The molecule has 0 saturated heterocycles. The van der Waals surface area contributed by atoms with Crippen molar-refractivity contribution in [3.05, 3.63) is 35.8 Å². The maximum absolute atomic E-state index is 12.6. The molecular formula is C11H15FN2. The molecule has 1 aromatic rings. The quantitative estimate of drug-likeness (QED) is 0.453. The number of hydrogen-bond acceptors (Lipinski definition) is 2. The van der Waals surface area contributed by atoms with Gasteiger partial charge in [-0.05, 0) is 32.4 Å². The lowest BCUT2D eigenvalue weighted by molar-refractivity contribution is 0.585. The lowest BCUT2D eigenvalue weighted by atomic mass is 10.3. The van der Waals surface area contributed by atoms with Crippen molar-refractivity contribution in [1.29, 1.82) is 0 Å². The Bertz CT molecular complexity index is 317. The van der Waals surface area contributed by atoms with Gasteiger partial charge in [0.2, 0.25) is 5.95 Å². The summed E-state index contributed by atoms with van der Waals surface area (Å²) in [6.45, 7) is 4.89. The third-order valence-electron chi connectivity index (χ3n) is 1.72. The monoisotopic (exact) mass is 194 g/mol. The van der Waals surface area contributed by atoms with E-state index < -0.39 is 5.95 Å². The Morgan fingerprint density at radius 1 is 1.50 bits per heavy atom. The van der Waals surface area contributed by atoms with Crippen LogP contribution in [0.3, 0.4) is 0 Å². The molecule has 0 aliphatic heterocycles. The van der Waals surface area contributed by atoms with Crippen LogP contribution < -0.4 is 5.32 Å². The van der Waals surface area contributed by atoms with Gasteiger partial charge in [-0.2, -0.15) is 4.39 Å². The van der Waals surface area contributed by atoms with Crippen molar-refractivity contribution >= 4 is 5.82 Å². The van der Waals surface area contributed by atoms with Gasteiger partial charge in [-0.25, -0.2) is 4.98 Å². The zero-order valence-corrected chi connectivity index (χ0v) is 8.55. The zero-order chi connectivity index (χ0) is 10.4. The Kier molecular flexibility index (Phi) is 4.11. The van der Waals surface area contributed by atoms with Crippen LogP contribution in [0.2, 0.25) is 0 Å². The van der Waals surface area contributed by atoms with E-state index in [1.54, 1.807) is 12.1 Å². The second-order valence-corrected chi connectivity index (χ2v) is 3.34. The van der Waals surface area contributed by atoms with Gasteiger partial charge in [0.05, 0.1) is 0 Å². The van der Waals surface area contributed by atoms with Crippen LogP contribution in [0.15, 0.2) is 29.8 Å². The average Bonchev–Trinajstić information content (AvgIpc) is 2.12. The first-order valence-electron chi connectivity index (χ1n) is 4.68. The molecule has 0 aliphatic rings. The molecule has 0 fully saturated rings. The molecule has 0 spiro atoms. The Morgan fingerprint density at radius 3 is 2.93 bits per heavy atom. The van der Waals surface area contributed by atoms with Crippen molar-refractivity contribution in [3.63, 3.8) is 0 Å². The lowest BCUT2D eigenvalue weighted by Crippen LogP contribution is -2.02. The smallest absolute Gasteiger partial charge is 0.214 e. The van der Waals surface area contributed by atoms with Gasteiger partial charge < -0.3 is 5.32 Å². The summed E-state index contributed by atoms with van der Waals surface area (Å²) in [6, 6.07) is 4.73. The molecule has 14 heavy (non-hydrogen) atoms. The van der Waals surface area contributed by atoms with Crippen molar-refractivity contribution in [2.45, 2.75) is 20.3 Å². The molecule has 76 valence electrons. The summed E-state index contributed by atoms with van der Waals surface area (Å²) in [4.78, 5) is 3.69. The van der Waals surface area contributed by atoms with E-state index in [9.17, 15) is 4.39 Å². The van der Waals surface area contributed by atoms with Crippen molar-refractivity contribution in [3.8, 4) is 0 Å². The second-order valence-electron chi connectivity index (χ2n) is 3.34. The van der Waals surface area contributed by atoms with Crippen LogP contribution in [-0.4, -0.2) is 11.5 Å². The molecule has 0 aliphatic carbocycles. The van der Waals surface area contributed by atoms with Crippen LogP contribution in [-0.2, 0) is 0 Å². The Hall–Kier alpha value is -1.38. The predicted octanol–water partition coefficient (Wildman–Crippen LogP) is 2.99. The minimum absolute atomic E-state index is 0.447. The highest BCUT2D eigenvalue weighted by Gasteiger charge is 1.93. The van der Waals surface area contributed by atoms with Crippen molar-refractivity contribution in [1.82, 2.24) is 4.98 Å². The first kappa shape index (κ1) is 10.7. The normalized spacial score (nSPS) is 9.64. The standard InChI is InChI=1S/C11H15FN2/c1-9(2)5-4-8-13-11-7-3-6-10(12)14-11/h3,5-7H,4,8H2,1-2H3,(H,13,14). The molecule has 0 bridgehead atoms. The summed E-state index contributed by atoms with van der Waals surface area (Å²) in [5.41, 5.74) is 1.29. The van der Waals surface area contributed by atoms with Crippen molar-refractivity contribution in [2.24, 2.45) is 0 Å². The molecule has 0 aromatic carbocycles. The summed E-state index contributed by atoms with van der Waals surface area (Å²) in [6.07, 6.45) is 3.06. The molecule has 0 radical (unpaired) electrons. The van der Waals surface area contributed by atoms with E-state index in [1.165, 1.54) is 11.6 Å². The molecule has 0 unspecified atom stereocenters. The van der Waals surface area contributed by atoms with E-state index in [1.807, 2.05) is 0 Å². The van der Waals surface area contributed by atoms with Crippen LogP contribution in [0, 0.1) is 5.95 Å². The summed E-state index contributed by atoms with van der Waals surface area (Å²) < 4.78 is 12.6. The molecule has 1 rings (SSSR count). The number of nitrogens with zero attached hydrogens (tertiary/aromatic N) is 1. The van der Waals surface area contributed by atoms with Crippen LogP contribution in [0.5, 0.6) is 0 Å². The van der Waals surface area contributed by atoms with Gasteiger partial charge in [0.1, 0.15) is 5.82 Å². The third kappa shape index (κ3) is 4.03. The number of pyridine rings is 1. The van der Waals surface area contributed by atoms with Gasteiger partial charge in [-0.15, -0.1) is 0 Å². The van der Waals surface area contributed by atoms with Crippen molar-refractivity contribution in [2.75, 3.05) is 11.9 Å². The fourth-order valence-electron chi connectivity index (χ4n) is 1.07.